The van der Waals surface area contributed by atoms with E-state index >= 15 is 0 Å². The van der Waals surface area contributed by atoms with Crippen LogP contribution in [0, 0.1) is 0 Å². The van der Waals surface area contributed by atoms with E-state index < -0.39 is 11.8 Å². The van der Waals surface area contributed by atoms with Gasteiger partial charge >= 0.3 is 0 Å². The lowest BCUT2D eigenvalue weighted by molar-refractivity contribution is -0.119. The molecule has 0 aliphatic rings. The van der Waals surface area contributed by atoms with Crippen molar-refractivity contribution >= 4 is 45.6 Å². The van der Waals surface area contributed by atoms with Crippen molar-refractivity contribution in [2.24, 2.45) is 16.0 Å². The van der Waals surface area contributed by atoms with Crippen molar-refractivity contribution in [2.75, 3.05) is 6.54 Å². The average Bonchev–Trinajstić information content (AvgIpc) is 3.26. The fourth-order valence-electron chi connectivity index (χ4n) is 2.48. The number of aromatic nitrogens is 1. The largest absolute Gasteiger partial charge is 0.493 e. The molecule has 27 heavy (non-hydrogen) atoms. The van der Waals surface area contributed by atoms with Crippen LogP contribution in [-0.4, -0.2) is 33.9 Å². The van der Waals surface area contributed by atoms with Gasteiger partial charge in [0.2, 0.25) is 11.8 Å². The molecular formula is C17H15N5O4S. The highest BCUT2D eigenvalue weighted by atomic mass is 32.1. The van der Waals surface area contributed by atoms with Crippen molar-refractivity contribution in [3.63, 3.8) is 0 Å². The zero-order valence-corrected chi connectivity index (χ0v) is 14.8. The number of nitrogens with zero attached hydrogens (tertiary/aromatic N) is 3. The maximum Gasteiger partial charge on any atom is 0.283 e. The quantitative estimate of drug-likeness (QED) is 0.558. The molecule has 0 bridgehead atoms. The molecule has 3 rings (SSSR count). The van der Waals surface area contributed by atoms with Crippen LogP contribution in [0.4, 0.5) is 5.69 Å². The molecule has 4 N–H and O–H groups in total. The summed E-state index contributed by atoms with van der Waals surface area (Å²) in [6.07, 6.45) is 0. The number of aromatic hydroxyl groups is 1. The number of para-hydroxylation sites is 1. The van der Waals surface area contributed by atoms with E-state index in [1.165, 1.54) is 15.9 Å². The minimum absolute atomic E-state index is 0.0461. The van der Waals surface area contributed by atoms with Crippen LogP contribution in [0.3, 0.4) is 0 Å². The Labute approximate surface area is 157 Å². The van der Waals surface area contributed by atoms with Crippen LogP contribution in [0.2, 0.25) is 0 Å². The first kappa shape index (κ1) is 18.3. The molecule has 0 saturated heterocycles. The normalized spacial score (nSPS) is 11.1. The van der Waals surface area contributed by atoms with Crippen molar-refractivity contribution in [3.8, 4) is 5.88 Å². The van der Waals surface area contributed by atoms with E-state index in [2.05, 4.69) is 15.5 Å². The Morgan fingerprint density at radius 3 is 2.67 bits per heavy atom. The summed E-state index contributed by atoms with van der Waals surface area (Å²) in [7, 11) is 0. The fourth-order valence-corrected chi connectivity index (χ4v) is 3.12. The number of thiophene rings is 1. The van der Waals surface area contributed by atoms with E-state index in [0.29, 0.717) is 15.8 Å². The number of azo groups is 1. The summed E-state index contributed by atoms with van der Waals surface area (Å²) in [6, 6.07) is 10.2. The van der Waals surface area contributed by atoms with E-state index in [4.69, 9.17) is 5.73 Å². The van der Waals surface area contributed by atoms with E-state index in [0.717, 1.165) is 0 Å². The molecule has 0 atom stereocenters. The zero-order valence-electron chi connectivity index (χ0n) is 14.0. The van der Waals surface area contributed by atoms with Crippen molar-refractivity contribution in [1.82, 2.24) is 9.88 Å². The van der Waals surface area contributed by atoms with Gasteiger partial charge in [0, 0.05) is 5.39 Å². The highest BCUT2D eigenvalue weighted by Crippen LogP contribution is 2.38. The lowest BCUT2D eigenvalue weighted by Gasteiger charge is -2.02. The molecule has 0 aliphatic heterocycles. The number of hydrogen-bond donors (Lipinski definition) is 3. The molecule has 3 aromatic rings. The van der Waals surface area contributed by atoms with Crippen molar-refractivity contribution in [3.05, 3.63) is 46.7 Å². The van der Waals surface area contributed by atoms with E-state index in [9.17, 15) is 19.5 Å². The number of nitrogens with two attached hydrogens (primary N) is 1. The second-order valence-electron chi connectivity index (χ2n) is 5.50. The Kier molecular flexibility index (Phi) is 5.27. The number of carbonyl (C=O) groups is 3. The number of fused-ring (bicyclic) bond motifs is 1. The van der Waals surface area contributed by atoms with Crippen LogP contribution in [-0.2, 0) is 16.1 Å². The Balaban J connectivity index is 1.77. The monoisotopic (exact) mass is 385 g/mol. The molecule has 0 aliphatic carbocycles. The first-order valence-corrected chi connectivity index (χ1v) is 8.70. The van der Waals surface area contributed by atoms with Gasteiger partial charge in [-0.1, -0.05) is 24.3 Å². The van der Waals surface area contributed by atoms with Gasteiger partial charge in [-0.2, -0.15) is 0 Å². The Morgan fingerprint density at radius 1 is 1.19 bits per heavy atom. The first-order chi connectivity index (χ1) is 13.0. The van der Waals surface area contributed by atoms with Gasteiger partial charge in [-0.25, -0.2) is 0 Å². The average molecular weight is 385 g/mol. The molecule has 0 unspecified atom stereocenters. The number of carbonyl (C=O) groups excluding carboxylic acids is 3. The van der Waals surface area contributed by atoms with E-state index in [1.807, 2.05) is 0 Å². The third kappa shape index (κ3) is 4.01. The third-order valence-electron chi connectivity index (χ3n) is 3.64. The van der Waals surface area contributed by atoms with Gasteiger partial charge in [0.1, 0.15) is 13.1 Å². The molecular weight excluding hydrogens is 370 g/mol. The smallest absolute Gasteiger partial charge is 0.283 e. The molecule has 2 heterocycles. The van der Waals surface area contributed by atoms with Crippen LogP contribution in [0.1, 0.15) is 9.67 Å². The summed E-state index contributed by atoms with van der Waals surface area (Å²) in [4.78, 5) is 35.4. The number of benzene rings is 1. The van der Waals surface area contributed by atoms with Gasteiger partial charge in [-0.3, -0.25) is 14.4 Å². The number of rotatable bonds is 6. The molecule has 9 nitrogen and oxygen atoms in total. The summed E-state index contributed by atoms with van der Waals surface area (Å²) in [5, 5.41) is 22.4. The lowest BCUT2D eigenvalue weighted by Crippen LogP contribution is -2.27. The molecule has 2 aromatic heterocycles. The topological polar surface area (TPSA) is 139 Å². The summed E-state index contributed by atoms with van der Waals surface area (Å²) in [5.41, 5.74) is 5.78. The molecule has 0 fully saturated rings. The van der Waals surface area contributed by atoms with Crippen LogP contribution >= 0.6 is 11.3 Å². The number of amides is 3. The standard InChI is InChI=1S/C17H15N5O4S/c18-13(23)9-22-11-5-2-1-4-10(11)15(17(22)26)21-20-14(24)8-19-16(25)12-6-3-7-27-12/h1-7,26H,8-9H2,(H2,18,23)(H,19,25). The van der Waals surface area contributed by atoms with Crippen LogP contribution < -0.4 is 11.1 Å². The fraction of sp³-hybridized carbons (Fsp3) is 0.118. The van der Waals surface area contributed by atoms with Crippen LogP contribution in [0.25, 0.3) is 10.9 Å². The summed E-state index contributed by atoms with van der Waals surface area (Å²) in [5.74, 6) is -2.03. The molecule has 0 radical (unpaired) electrons. The lowest BCUT2D eigenvalue weighted by atomic mass is 10.2. The summed E-state index contributed by atoms with van der Waals surface area (Å²) >= 11 is 1.25. The SMILES string of the molecule is NC(=O)Cn1c(O)c(N=NC(=O)CNC(=O)c2cccs2)c2ccccc21. The van der Waals surface area contributed by atoms with Gasteiger partial charge < -0.3 is 20.7 Å². The maximum absolute atomic E-state index is 11.9. The van der Waals surface area contributed by atoms with Gasteiger partial charge in [0.15, 0.2) is 5.69 Å². The van der Waals surface area contributed by atoms with Crippen molar-refractivity contribution in [2.45, 2.75) is 6.54 Å². The van der Waals surface area contributed by atoms with Crippen molar-refractivity contribution < 1.29 is 19.5 Å². The first-order valence-electron chi connectivity index (χ1n) is 7.82. The molecule has 0 saturated carbocycles. The van der Waals surface area contributed by atoms with Gasteiger partial charge in [-0.05, 0) is 17.5 Å². The summed E-state index contributed by atoms with van der Waals surface area (Å²) < 4.78 is 1.29. The number of primary amides is 1. The number of hydrogen-bond acceptors (Lipinski definition) is 6. The molecule has 0 spiro atoms. The maximum atomic E-state index is 11.9. The Hall–Kier alpha value is -3.53. The zero-order chi connectivity index (χ0) is 19.4. The van der Waals surface area contributed by atoms with E-state index in [-0.39, 0.29) is 30.6 Å². The Morgan fingerprint density at radius 2 is 1.96 bits per heavy atom. The predicted octanol–water partition coefficient (Wildman–Crippen LogP) is 1.93. The molecule has 3 amide bonds. The summed E-state index contributed by atoms with van der Waals surface area (Å²) in [6.45, 7) is -0.576. The van der Waals surface area contributed by atoms with Crippen molar-refractivity contribution in [1.29, 1.82) is 0 Å². The molecule has 10 heteroatoms. The van der Waals surface area contributed by atoms with Gasteiger partial charge in [0.05, 0.1) is 10.4 Å². The highest BCUT2D eigenvalue weighted by molar-refractivity contribution is 7.12. The van der Waals surface area contributed by atoms with Gasteiger partial charge in [-0.15, -0.1) is 21.6 Å². The van der Waals surface area contributed by atoms with Crippen LogP contribution in [0.15, 0.2) is 52.0 Å². The minimum Gasteiger partial charge on any atom is -0.493 e. The predicted molar refractivity (Wildman–Crippen MR) is 99.0 cm³/mol. The van der Waals surface area contributed by atoms with Crippen LogP contribution in [0.5, 0.6) is 5.88 Å². The molecule has 138 valence electrons. The molecule has 1 aromatic carbocycles. The second kappa shape index (κ2) is 7.79. The highest BCUT2D eigenvalue weighted by Gasteiger charge is 2.18. The Bertz CT molecular complexity index is 1040. The second-order valence-corrected chi connectivity index (χ2v) is 6.44. The van der Waals surface area contributed by atoms with E-state index in [1.54, 1.807) is 41.8 Å². The number of nitrogens with one attached hydrogen (secondary N) is 1. The van der Waals surface area contributed by atoms with Gasteiger partial charge in [0.25, 0.3) is 11.8 Å². The third-order valence-corrected chi connectivity index (χ3v) is 4.51. The minimum atomic E-state index is -0.689.